The van der Waals surface area contributed by atoms with Crippen molar-refractivity contribution in [2.24, 2.45) is 0 Å². The Morgan fingerprint density at radius 3 is 2.92 bits per heavy atom. The lowest BCUT2D eigenvalue weighted by Crippen LogP contribution is -1.97. The Balaban J connectivity index is 2.57. The van der Waals surface area contributed by atoms with Gasteiger partial charge in [0.25, 0.3) is 0 Å². The minimum atomic E-state index is 0.331. The fourth-order valence-electron chi connectivity index (χ4n) is 0.881. The molecule has 7 heteroatoms. The molecule has 13 heavy (non-hydrogen) atoms. The lowest BCUT2D eigenvalue weighted by molar-refractivity contribution is 0.940. The molecule has 0 fully saturated rings. The first kappa shape index (κ1) is 8.11. The second-order valence-corrected chi connectivity index (χ2v) is 3.09. The van der Waals surface area contributed by atoms with Crippen molar-refractivity contribution in [3.05, 3.63) is 17.0 Å². The highest BCUT2D eigenvalue weighted by Crippen LogP contribution is 2.20. The Labute approximate surface area is 81.7 Å². The largest absolute Gasteiger partial charge is 0.382 e. The number of nitrogens with zero attached hydrogens (tertiary/aromatic N) is 4. The Hall–Kier alpha value is -1.50. The van der Waals surface area contributed by atoms with Crippen LogP contribution in [-0.4, -0.2) is 25.4 Å². The molecule has 0 saturated heterocycles. The van der Waals surface area contributed by atoms with Crippen LogP contribution in [0.3, 0.4) is 0 Å². The topological polar surface area (TPSA) is 93.4 Å². The zero-order chi connectivity index (χ0) is 9.26. The van der Waals surface area contributed by atoms with Crippen molar-refractivity contribution >= 4 is 21.7 Å². The minimum Gasteiger partial charge on any atom is -0.382 e. The van der Waals surface area contributed by atoms with E-state index in [1.54, 1.807) is 0 Å². The molecule has 2 heterocycles. The Bertz CT molecular complexity index is 411. The van der Waals surface area contributed by atoms with Gasteiger partial charge in [-0.05, 0) is 15.9 Å². The van der Waals surface area contributed by atoms with Gasteiger partial charge >= 0.3 is 0 Å². The van der Waals surface area contributed by atoms with E-state index in [9.17, 15) is 0 Å². The smallest absolute Gasteiger partial charge is 0.151 e. The molecule has 0 aliphatic heterocycles. The molecule has 0 atom stereocenters. The number of nitrogens with two attached hydrogens (primary N) is 1. The highest BCUT2D eigenvalue weighted by atomic mass is 79.9. The van der Waals surface area contributed by atoms with E-state index in [0.717, 1.165) is 0 Å². The second kappa shape index (κ2) is 3.09. The summed E-state index contributed by atoms with van der Waals surface area (Å²) in [6.07, 6.45) is 3.06. The van der Waals surface area contributed by atoms with E-state index in [0.29, 0.717) is 21.8 Å². The van der Waals surface area contributed by atoms with Crippen LogP contribution in [0.2, 0.25) is 0 Å². The Kier molecular flexibility index (Phi) is 1.93. The predicted octanol–water partition coefficient (Wildman–Crippen LogP) is 0.606. The molecule has 3 N–H and O–H groups in total. The first-order chi connectivity index (χ1) is 6.27. The number of halogens is 1. The molecule has 2 rings (SSSR count). The summed E-state index contributed by atoms with van der Waals surface area (Å²) >= 11 is 3.19. The molecule has 2 aromatic rings. The predicted molar refractivity (Wildman–Crippen MR) is 49.5 cm³/mol. The van der Waals surface area contributed by atoms with E-state index < -0.39 is 0 Å². The highest BCUT2D eigenvalue weighted by molar-refractivity contribution is 9.10. The van der Waals surface area contributed by atoms with Crippen molar-refractivity contribution < 1.29 is 0 Å². The monoisotopic (exact) mass is 240 g/mol. The van der Waals surface area contributed by atoms with Gasteiger partial charge in [-0.3, -0.25) is 0 Å². The third-order valence-electron chi connectivity index (χ3n) is 1.43. The Morgan fingerprint density at radius 1 is 1.38 bits per heavy atom. The van der Waals surface area contributed by atoms with Crippen molar-refractivity contribution in [2.75, 3.05) is 5.73 Å². The van der Waals surface area contributed by atoms with E-state index >= 15 is 0 Å². The second-order valence-electron chi connectivity index (χ2n) is 2.28. The summed E-state index contributed by atoms with van der Waals surface area (Å²) in [6, 6.07) is 0. The number of aromatic nitrogens is 5. The summed E-state index contributed by atoms with van der Waals surface area (Å²) in [5, 5.41) is 9.98. The third-order valence-corrected chi connectivity index (χ3v) is 1.81. The summed E-state index contributed by atoms with van der Waals surface area (Å²) < 4.78 is 0.611. The minimum absolute atomic E-state index is 0.331. The molecule has 0 aromatic carbocycles. The van der Waals surface area contributed by atoms with Crippen molar-refractivity contribution in [1.29, 1.82) is 0 Å². The Morgan fingerprint density at radius 2 is 2.23 bits per heavy atom. The summed E-state index contributed by atoms with van der Waals surface area (Å²) in [7, 11) is 0. The maximum atomic E-state index is 5.60. The highest BCUT2D eigenvalue weighted by Gasteiger charge is 2.08. The average Bonchev–Trinajstić information content (AvgIpc) is 2.61. The number of H-pyrrole nitrogens is 1. The maximum Gasteiger partial charge on any atom is 0.151 e. The molecule has 0 spiro atoms. The maximum absolute atomic E-state index is 5.60. The van der Waals surface area contributed by atoms with Crippen molar-refractivity contribution in [1.82, 2.24) is 25.4 Å². The van der Waals surface area contributed by atoms with Gasteiger partial charge in [-0.2, -0.15) is 15.4 Å². The SMILES string of the molecule is Nc1ncc(Br)nc1-c1cn[nH]n1. The van der Waals surface area contributed by atoms with Crippen LogP contribution in [0.5, 0.6) is 0 Å². The number of hydrogen-bond donors (Lipinski definition) is 2. The molecule has 0 amide bonds. The molecule has 0 unspecified atom stereocenters. The number of anilines is 1. The van der Waals surface area contributed by atoms with Gasteiger partial charge in [0.2, 0.25) is 0 Å². The molecule has 0 radical (unpaired) electrons. The quantitative estimate of drug-likeness (QED) is 0.762. The van der Waals surface area contributed by atoms with Crippen LogP contribution in [0.4, 0.5) is 5.82 Å². The van der Waals surface area contributed by atoms with Gasteiger partial charge in [-0.1, -0.05) is 0 Å². The third kappa shape index (κ3) is 1.50. The van der Waals surface area contributed by atoms with E-state index in [1.807, 2.05) is 0 Å². The van der Waals surface area contributed by atoms with Crippen LogP contribution < -0.4 is 5.73 Å². The lowest BCUT2D eigenvalue weighted by Gasteiger charge is -1.98. The normalized spacial score (nSPS) is 10.2. The zero-order valence-corrected chi connectivity index (χ0v) is 7.98. The van der Waals surface area contributed by atoms with Crippen LogP contribution in [0, 0.1) is 0 Å². The van der Waals surface area contributed by atoms with Crippen LogP contribution in [-0.2, 0) is 0 Å². The van der Waals surface area contributed by atoms with E-state index in [4.69, 9.17) is 5.73 Å². The summed E-state index contributed by atoms with van der Waals surface area (Å²) in [4.78, 5) is 8.04. The van der Waals surface area contributed by atoms with Crippen molar-refractivity contribution in [3.63, 3.8) is 0 Å². The van der Waals surface area contributed by atoms with Crippen molar-refractivity contribution in [3.8, 4) is 11.4 Å². The fraction of sp³-hybridized carbons (Fsp3) is 0. The van der Waals surface area contributed by atoms with E-state index in [2.05, 4.69) is 41.3 Å². The van der Waals surface area contributed by atoms with Gasteiger partial charge in [0.1, 0.15) is 16.0 Å². The standard InChI is InChI=1S/C6H5BrN6/c7-4-2-9-6(8)5(11-4)3-1-10-13-12-3/h1-2H,(H2,8,9)(H,10,12,13). The fourth-order valence-corrected chi connectivity index (χ4v) is 1.16. The molecule has 0 aliphatic carbocycles. The molecule has 66 valence electrons. The first-order valence-electron chi connectivity index (χ1n) is 3.41. The van der Waals surface area contributed by atoms with Crippen LogP contribution in [0.25, 0.3) is 11.4 Å². The van der Waals surface area contributed by atoms with E-state index in [1.165, 1.54) is 12.4 Å². The molecular weight excluding hydrogens is 236 g/mol. The van der Waals surface area contributed by atoms with E-state index in [-0.39, 0.29) is 0 Å². The zero-order valence-electron chi connectivity index (χ0n) is 6.40. The summed E-state index contributed by atoms with van der Waals surface area (Å²) in [6.45, 7) is 0. The summed E-state index contributed by atoms with van der Waals surface area (Å²) in [5.74, 6) is 0.331. The average molecular weight is 241 g/mol. The van der Waals surface area contributed by atoms with Gasteiger partial charge in [-0.25, -0.2) is 9.97 Å². The molecule has 6 nitrogen and oxygen atoms in total. The number of nitrogens with one attached hydrogen (secondary N) is 1. The van der Waals surface area contributed by atoms with Crippen LogP contribution >= 0.6 is 15.9 Å². The molecule has 0 bridgehead atoms. The van der Waals surface area contributed by atoms with Gasteiger partial charge in [0.15, 0.2) is 5.82 Å². The number of hydrogen-bond acceptors (Lipinski definition) is 5. The van der Waals surface area contributed by atoms with Crippen LogP contribution in [0.15, 0.2) is 17.0 Å². The molecule has 0 aliphatic rings. The first-order valence-corrected chi connectivity index (χ1v) is 4.21. The number of aromatic amines is 1. The summed E-state index contributed by atoms with van der Waals surface area (Å²) in [5.41, 5.74) is 6.70. The van der Waals surface area contributed by atoms with Gasteiger partial charge < -0.3 is 5.73 Å². The van der Waals surface area contributed by atoms with Gasteiger partial charge in [-0.15, -0.1) is 0 Å². The molecular formula is C6H5BrN6. The molecule has 2 aromatic heterocycles. The van der Waals surface area contributed by atoms with Gasteiger partial charge in [0, 0.05) is 0 Å². The van der Waals surface area contributed by atoms with Gasteiger partial charge in [0.05, 0.1) is 12.4 Å². The van der Waals surface area contributed by atoms with Crippen molar-refractivity contribution in [2.45, 2.75) is 0 Å². The number of rotatable bonds is 1. The molecule has 0 saturated carbocycles. The van der Waals surface area contributed by atoms with Crippen LogP contribution in [0.1, 0.15) is 0 Å². The number of nitrogen functional groups attached to an aromatic ring is 1. The lowest BCUT2D eigenvalue weighted by atomic mass is 10.3.